The fourth-order valence-electron chi connectivity index (χ4n) is 0.235. The van der Waals surface area contributed by atoms with E-state index in [-0.39, 0.29) is 25.9 Å². The second-order valence-corrected chi connectivity index (χ2v) is 7.27. The van der Waals surface area contributed by atoms with Gasteiger partial charge in [0.15, 0.2) is 20.5 Å². The highest BCUT2D eigenvalue weighted by atomic mass is 33.1. The van der Waals surface area contributed by atoms with Gasteiger partial charge in [-0.15, -0.1) is 0 Å². The Balaban J connectivity index is -0.000000218. The van der Waals surface area contributed by atoms with Crippen LogP contribution in [0.4, 0.5) is 0 Å². The molecule has 0 heterocycles. The van der Waals surface area contributed by atoms with Gasteiger partial charge in [-0.1, -0.05) is 0 Å². The molecule has 0 aromatic rings. The minimum atomic E-state index is -0.0369. The van der Waals surface area contributed by atoms with Crippen molar-refractivity contribution in [2.24, 2.45) is 0 Å². The average Bonchev–Trinajstić information content (AvgIpc) is 2.12. The Morgan fingerprint density at radius 1 is 0.529 bits per heavy atom. The molecule has 0 aliphatic heterocycles. The number of carbonyl (C=O) groups excluding carboxylic acids is 4. The van der Waals surface area contributed by atoms with Gasteiger partial charge in [0.05, 0.1) is 0 Å². The molecule has 0 radical (unpaired) electrons. The van der Waals surface area contributed by atoms with Gasteiger partial charge in [0.2, 0.25) is 0 Å². The lowest BCUT2D eigenvalue weighted by Crippen LogP contribution is -1.79. The maximum Gasteiger partial charge on any atom is 0.196 e. The molecule has 0 aromatic carbocycles. The molecule has 0 aromatic heterocycles. The van der Waals surface area contributed by atoms with Crippen LogP contribution in [-0.4, -0.2) is 25.9 Å². The van der Waals surface area contributed by atoms with E-state index in [0.29, 0.717) is 0 Å². The number of hydrogen-bond acceptors (Lipinski definition) is 8. The van der Waals surface area contributed by atoms with Crippen molar-refractivity contribution >= 4 is 63.6 Å². The Kier molecular flexibility index (Phi) is 18.4. The molecular weight excluding hydrogens is 304 g/mol. The van der Waals surface area contributed by atoms with E-state index in [1.54, 1.807) is 0 Å². The number of hydrogen-bond donors (Lipinski definition) is 0. The van der Waals surface area contributed by atoms with E-state index in [4.69, 9.17) is 0 Å². The largest absolute Gasteiger partial charge is 0.412 e. The SMILES string of the molecule is CC(=O)SSC(C)=O.CC(=O)SSC(C)=O.O. The fraction of sp³-hybridized carbons (Fsp3) is 0.500. The van der Waals surface area contributed by atoms with Crippen LogP contribution in [0.25, 0.3) is 0 Å². The summed E-state index contributed by atoms with van der Waals surface area (Å²) in [5.74, 6) is 0. The van der Waals surface area contributed by atoms with E-state index in [9.17, 15) is 19.2 Å². The van der Waals surface area contributed by atoms with Crippen LogP contribution in [0.15, 0.2) is 0 Å². The van der Waals surface area contributed by atoms with Gasteiger partial charge >= 0.3 is 0 Å². The van der Waals surface area contributed by atoms with Gasteiger partial charge < -0.3 is 5.48 Å². The molecule has 0 unspecified atom stereocenters. The lowest BCUT2D eigenvalue weighted by Gasteiger charge is -1.85. The number of carbonyl (C=O) groups is 4. The molecule has 0 saturated carbocycles. The maximum atomic E-state index is 10.1. The van der Waals surface area contributed by atoms with Gasteiger partial charge in [-0.25, -0.2) is 0 Å². The molecule has 0 saturated heterocycles. The topological polar surface area (TPSA) is 99.8 Å². The molecule has 0 amide bonds. The Morgan fingerprint density at radius 2 is 0.647 bits per heavy atom. The standard InChI is InChI=1S/2C4H6O2S2.H2O/c2*1-3(5)7-8-4(2)6;/h2*1-2H3;1H2. The van der Waals surface area contributed by atoms with E-state index >= 15 is 0 Å². The highest BCUT2D eigenvalue weighted by Gasteiger charge is 1.97. The maximum absolute atomic E-state index is 10.1. The third-order valence-corrected chi connectivity index (χ3v) is 4.97. The monoisotopic (exact) mass is 318 g/mol. The summed E-state index contributed by atoms with van der Waals surface area (Å²) >= 11 is 0. The van der Waals surface area contributed by atoms with Crippen molar-refractivity contribution in [3.63, 3.8) is 0 Å². The molecule has 0 fully saturated rings. The van der Waals surface area contributed by atoms with E-state index < -0.39 is 0 Å². The smallest absolute Gasteiger partial charge is 0.196 e. The molecule has 2 N–H and O–H groups in total. The Labute approximate surface area is 116 Å². The van der Waals surface area contributed by atoms with E-state index in [1.165, 1.54) is 27.7 Å². The van der Waals surface area contributed by atoms with Crippen LogP contribution in [-0.2, 0) is 19.2 Å². The molecule has 0 bridgehead atoms. The molecule has 17 heavy (non-hydrogen) atoms. The molecule has 9 heteroatoms. The quantitative estimate of drug-likeness (QED) is 0.626. The van der Waals surface area contributed by atoms with E-state index in [2.05, 4.69) is 0 Å². The first-order valence-corrected chi connectivity index (χ1v) is 8.27. The minimum Gasteiger partial charge on any atom is -0.412 e. The summed E-state index contributed by atoms with van der Waals surface area (Å²) < 4.78 is 0. The number of rotatable bonds is 0. The second-order valence-electron chi connectivity index (χ2n) is 2.30. The van der Waals surface area contributed by atoms with Crippen molar-refractivity contribution in [1.82, 2.24) is 0 Å². The summed E-state index contributed by atoms with van der Waals surface area (Å²) in [4.78, 5) is 40.6. The van der Waals surface area contributed by atoms with Crippen LogP contribution in [0.1, 0.15) is 27.7 Å². The molecule has 0 aliphatic rings. The van der Waals surface area contributed by atoms with Crippen LogP contribution in [0, 0.1) is 0 Å². The van der Waals surface area contributed by atoms with E-state index in [1.807, 2.05) is 0 Å². The Morgan fingerprint density at radius 3 is 0.706 bits per heavy atom. The van der Waals surface area contributed by atoms with Crippen molar-refractivity contribution in [1.29, 1.82) is 0 Å². The minimum absolute atomic E-state index is 0. The van der Waals surface area contributed by atoms with Crippen LogP contribution in [0.2, 0.25) is 0 Å². The van der Waals surface area contributed by atoms with Crippen LogP contribution >= 0.6 is 43.2 Å². The van der Waals surface area contributed by atoms with Crippen LogP contribution in [0.5, 0.6) is 0 Å². The van der Waals surface area contributed by atoms with Crippen molar-refractivity contribution < 1.29 is 24.7 Å². The zero-order valence-electron chi connectivity index (χ0n) is 9.77. The summed E-state index contributed by atoms with van der Waals surface area (Å²) in [5, 5.41) is -0.147. The lowest BCUT2D eigenvalue weighted by atomic mass is 10.9. The highest BCUT2D eigenvalue weighted by molar-refractivity contribution is 8.87. The third kappa shape index (κ3) is 31.4. The van der Waals surface area contributed by atoms with Crippen LogP contribution in [0.3, 0.4) is 0 Å². The third-order valence-electron chi connectivity index (χ3n) is 0.553. The summed E-state index contributed by atoms with van der Waals surface area (Å²) in [6.07, 6.45) is 0. The Bertz CT molecular complexity index is 223. The van der Waals surface area contributed by atoms with Crippen LogP contribution < -0.4 is 0 Å². The van der Waals surface area contributed by atoms with E-state index in [0.717, 1.165) is 43.2 Å². The summed E-state index contributed by atoms with van der Waals surface area (Å²) in [7, 11) is 3.87. The van der Waals surface area contributed by atoms with Gasteiger partial charge in [-0.05, 0) is 43.2 Å². The second kappa shape index (κ2) is 14.1. The molecule has 0 aliphatic carbocycles. The highest BCUT2D eigenvalue weighted by Crippen LogP contribution is 2.22. The molecule has 0 atom stereocenters. The lowest BCUT2D eigenvalue weighted by molar-refractivity contribution is -0.110. The van der Waals surface area contributed by atoms with Gasteiger partial charge in [0, 0.05) is 27.7 Å². The van der Waals surface area contributed by atoms with Crippen molar-refractivity contribution in [2.75, 3.05) is 0 Å². The summed E-state index contributed by atoms with van der Waals surface area (Å²) in [6, 6.07) is 0. The predicted molar refractivity (Wildman–Crippen MR) is 76.7 cm³/mol. The van der Waals surface area contributed by atoms with Gasteiger partial charge in [0.1, 0.15) is 0 Å². The van der Waals surface area contributed by atoms with Crippen molar-refractivity contribution in [3.05, 3.63) is 0 Å². The normalized spacial score (nSPS) is 8.24. The molecule has 5 nitrogen and oxygen atoms in total. The zero-order valence-corrected chi connectivity index (χ0v) is 13.0. The molecular formula is C8H14O5S4. The Hall–Kier alpha value is 0.0400. The molecule has 0 spiro atoms. The first-order valence-electron chi connectivity index (χ1n) is 3.97. The fourth-order valence-corrected chi connectivity index (χ4v) is 2.11. The van der Waals surface area contributed by atoms with Gasteiger partial charge in [-0.2, -0.15) is 0 Å². The first-order chi connectivity index (χ1) is 7.25. The van der Waals surface area contributed by atoms with Crippen molar-refractivity contribution in [2.45, 2.75) is 27.7 Å². The zero-order chi connectivity index (χ0) is 13.1. The van der Waals surface area contributed by atoms with Crippen molar-refractivity contribution in [3.8, 4) is 0 Å². The summed E-state index contributed by atoms with van der Waals surface area (Å²) in [5.41, 5.74) is 0. The molecule has 100 valence electrons. The van der Waals surface area contributed by atoms with Gasteiger partial charge in [0.25, 0.3) is 0 Å². The first kappa shape index (κ1) is 22.2. The summed E-state index contributed by atoms with van der Waals surface area (Å²) in [6.45, 7) is 5.72. The average molecular weight is 318 g/mol. The predicted octanol–water partition coefficient (Wildman–Crippen LogP) is 2.10. The van der Waals surface area contributed by atoms with Gasteiger partial charge in [-0.3, -0.25) is 19.2 Å². The molecule has 0 rings (SSSR count).